The van der Waals surface area contributed by atoms with Crippen molar-refractivity contribution in [3.05, 3.63) is 36.4 Å². The van der Waals surface area contributed by atoms with Crippen molar-refractivity contribution in [2.75, 3.05) is 11.5 Å². The van der Waals surface area contributed by atoms with Gasteiger partial charge in [-0.25, -0.2) is 18.5 Å². The average Bonchev–Trinajstić information content (AvgIpc) is 2.38. The molecule has 1 aromatic heterocycles. The molecule has 0 saturated carbocycles. The van der Waals surface area contributed by atoms with Gasteiger partial charge in [0.2, 0.25) is 10.0 Å². The molecular formula is C13H12N4O2S. The molecule has 0 atom stereocenters. The molecule has 0 fully saturated rings. The molecule has 20 heavy (non-hydrogen) atoms. The topological polar surface area (TPSA) is 125 Å². The maximum Gasteiger partial charge on any atom is 0.238 e. The molecule has 0 aliphatic carbocycles. The summed E-state index contributed by atoms with van der Waals surface area (Å²) in [6.45, 7) is 0. The van der Waals surface area contributed by atoms with Crippen molar-refractivity contribution in [1.29, 1.82) is 0 Å². The van der Waals surface area contributed by atoms with Gasteiger partial charge in [0.1, 0.15) is 0 Å². The largest absolute Gasteiger partial charge is 0.399 e. The Balaban J connectivity index is 2.46. The standard InChI is InChI=1S/C13H12N4O2S/c14-7-1-3-11-9(5-7)13(15)10-6-8(20(16,18)19)2-4-12(10)17-11/h1-6H,14H2,(H2,15,17)(H2,16,18,19). The molecule has 0 saturated heterocycles. The van der Waals surface area contributed by atoms with E-state index in [1.165, 1.54) is 12.1 Å². The zero-order valence-electron chi connectivity index (χ0n) is 10.4. The van der Waals surface area contributed by atoms with E-state index < -0.39 is 10.0 Å². The molecule has 0 unspecified atom stereocenters. The lowest BCUT2D eigenvalue weighted by Crippen LogP contribution is -2.12. The minimum Gasteiger partial charge on any atom is -0.399 e. The van der Waals surface area contributed by atoms with Crippen LogP contribution in [0, 0.1) is 0 Å². The Morgan fingerprint density at radius 2 is 1.50 bits per heavy atom. The Kier molecular flexibility index (Phi) is 2.56. The number of benzene rings is 2. The van der Waals surface area contributed by atoms with Gasteiger partial charge in [-0.3, -0.25) is 0 Å². The Hall–Kier alpha value is -2.38. The molecule has 6 nitrogen and oxygen atoms in total. The number of rotatable bonds is 1. The summed E-state index contributed by atoms with van der Waals surface area (Å²) in [6, 6.07) is 9.64. The lowest BCUT2D eigenvalue weighted by atomic mass is 10.1. The number of nitrogen functional groups attached to an aromatic ring is 2. The predicted molar refractivity (Wildman–Crippen MR) is 79.4 cm³/mol. The first-order valence-electron chi connectivity index (χ1n) is 5.77. The minimum absolute atomic E-state index is 0.00162. The lowest BCUT2D eigenvalue weighted by Gasteiger charge is -2.08. The summed E-state index contributed by atoms with van der Waals surface area (Å²) in [4.78, 5) is 4.43. The fraction of sp³-hybridized carbons (Fsp3) is 0. The molecule has 0 amide bonds. The number of primary sulfonamides is 1. The second-order valence-corrected chi connectivity index (χ2v) is 6.09. The van der Waals surface area contributed by atoms with Crippen molar-refractivity contribution in [1.82, 2.24) is 4.98 Å². The summed E-state index contributed by atoms with van der Waals surface area (Å²) in [7, 11) is -3.78. The summed E-state index contributed by atoms with van der Waals surface area (Å²) in [5.74, 6) is 0. The van der Waals surface area contributed by atoms with E-state index in [1.807, 2.05) is 0 Å². The van der Waals surface area contributed by atoms with Crippen LogP contribution in [0.5, 0.6) is 0 Å². The van der Waals surface area contributed by atoms with Crippen molar-refractivity contribution in [2.45, 2.75) is 4.90 Å². The molecule has 3 rings (SSSR count). The molecule has 6 N–H and O–H groups in total. The van der Waals surface area contributed by atoms with Crippen molar-refractivity contribution < 1.29 is 8.42 Å². The molecular weight excluding hydrogens is 276 g/mol. The van der Waals surface area contributed by atoms with Crippen LogP contribution >= 0.6 is 0 Å². The first kappa shape index (κ1) is 12.6. The normalized spacial score (nSPS) is 12.1. The number of anilines is 2. The van der Waals surface area contributed by atoms with Crippen LogP contribution in [-0.4, -0.2) is 13.4 Å². The molecule has 3 aromatic rings. The van der Waals surface area contributed by atoms with Gasteiger partial charge in [-0.15, -0.1) is 0 Å². The molecule has 7 heteroatoms. The SMILES string of the molecule is Nc1ccc2nc3ccc(S(N)(=O)=O)cc3c(N)c2c1. The smallest absolute Gasteiger partial charge is 0.238 e. The van der Waals surface area contributed by atoms with Crippen LogP contribution in [0.15, 0.2) is 41.3 Å². The Labute approximate surface area is 115 Å². The second kappa shape index (κ2) is 4.06. The van der Waals surface area contributed by atoms with E-state index in [9.17, 15) is 8.42 Å². The quantitative estimate of drug-likeness (QED) is 0.458. The summed E-state index contributed by atoms with van der Waals surface area (Å²) >= 11 is 0. The van der Waals surface area contributed by atoms with Gasteiger partial charge < -0.3 is 11.5 Å². The van der Waals surface area contributed by atoms with Gasteiger partial charge in [0.15, 0.2) is 0 Å². The number of sulfonamides is 1. The number of fused-ring (bicyclic) bond motifs is 2. The van der Waals surface area contributed by atoms with Gasteiger partial charge in [0.05, 0.1) is 21.6 Å². The predicted octanol–water partition coefficient (Wildman–Crippen LogP) is 1.20. The molecule has 0 spiro atoms. The molecule has 2 aromatic carbocycles. The summed E-state index contributed by atoms with van der Waals surface area (Å²) in [6.07, 6.45) is 0. The highest BCUT2D eigenvalue weighted by molar-refractivity contribution is 7.89. The van der Waals surface area contributed by atoms with E-state index in [-0.39, 0.29) is 4.90 Å². The summed E-state index contributed by atoms with van der Waals surface area (Å²) in [5.41, 5.74) is 14.1. The van der Waals surface area contributed by atoms with Crippen molar-refractivity contribution in [2.24, 2.45) is 5.14 Å². The molecule has 0 radical (unpaired) electrons. The monoisotopic (exact) mass is 288 g/mol. The van der Waals surface area contributed by atoms with E-state index in [0.717, 1.165) is 0 Å². The second-order valence-electron chi connectivity index (χ2n) is 4.53. The summed E-state index contributed by atoms with van der Waals surface area (Å²) in [5, 5.41) is 6.35. The van der Waals surface area contributed by atoms with E-state index in [4.69, 9.17) is 16.6 Å². The maximum absolute atomic E-state index is 11.4. The zero-order valence-corrected chi connectivity index (χ0v) is 11.2. The van der Waals surface area contributed by atoms with Crippen LogP contribution in [0.4, 0.5) is 11.4 Å². The van der Waals surface area contributed by atoms with Gasteiger partial charge in [0, 0.05) is 16.5 Å². The van der Waals surface area contributed by atoms with Crippen molar-refractivity contribution in [3.63, 3.8) is 0 Å². The fourth-order valence-corrected chi connectivity index (χ4v) is 2.69. The van der Waals surface area contributed by atoms with Crippen LogP contribution in [0.3, 0.4) is 0 Å². The zero-order chi connectivity index (χ0) is 14.5. The average molecular weight is 288 g/mol. The van der Waals surface area contributed by atoms with Gasteiger partial charge in [-0.05, 0) is 36.4 Å². The first-order valence-corrected chi connectivity index (χ1v) is 7.32. The van der Waals surface area contributed by atoms with Gasteiger partial charge in [0.25, 0.3) is 0 Å². The third-order valence-corrected chi connectivity index (χ3v) is 4.05. The maximum atomic E-state index is 11.4. The number of hydrogen-bond acceptors (Lipinski definition) is 5. The van der Waals surface area contributed by atoms with Crippen molar-refractivity contribution >= 4 is 43.2 Å². The van der Waals surface area contributed by atoms with Gasteiger partial charge in [-0.2, -0.15) is 0 Å². The van der Waals surface area contributed by atoms with Gasteiger partial charge >= 0.3 is 0 Å². The number of aromatic nitrogens is 1. The third-order valence-electron chi connectivity index (χ3n) is 3.14. The molecule has 102 valence electrons. The molecule has 0 aliphatic heterocycles. The Bertz CT molecular complexity index is 951. The van der Waals surface area contributed by atoms with Crippen LogP contribution in [0.2, 0.25) is 0 Å². The molecule has 0 aliphatic rings. The van der Waals surface area contributed by atoms with Crippen LogP contribution in [0.1, 0.15) is 0 Å². The third kappa shape index (κ3) is 1.93. The molecule has 0 bridgehead atoms. The molecule has 1 heterocycles. The van der Waals surface area contributed by atoms with E-state index in [1.54, 1.807) is 24.3 Å². The Morgan fingerprint density at radius 1 is 0.900 bits per heavy atom. The summed E-state index contributed by atoms with van der Waals surface area (Å²) < 4.78 is 22.8. The fourth-order valence-electron chi connectivity index (χ4n) is 2.15. The van der Waals surface area contributed by atoms with E-state index in [0.29, 0.717) is 33.2 Å². The number of hydrogen-bond donors (Lipinski definition) is 3. The van der Waals surface area contributed by atoms with Crippen LogP contribution in [-0.2, 0) is 10.0 Å². The van der Waals surface area contributed by atoms with Crippen LogP contribution in [0.25, 0.3) is 21.8 Å². The first-order chi connectivity index (χ1) is 9.36. The van der Waals surface area contributed by atoms with Crippen molar-refractivity contribution in [3.8, 4) is 0 Å². The lowest BCUT2D eigenvalue weighted by molar-refractivity contribution is 0.598. The minimum atomic E-state index is -3.78. The van der Waals surface area contributed by atoms with Gasteiger partial charge in [-0.1, -0.05) is 0 Å². The Morgan fingerprint density at radius 3 is 2.15 bits per heavy atom. The number of nitrogens with zero attached hydrogens (tertiary/aromatic N) is 1. The highest BCUT2D eigenvalue weighted by atomic mass is 32.2. The number of pyridine rings is 1. The highest BCUT2D eigenvalue weighted by Crippen LogP contribution is 2.30. The van der Waals surface area contributed by atoms with Crippen LogP contribution < -0.4 is 16.6 Å². The highest BCUT2D eigenvalue weighted by Gasteiger charge is 2.12. The number of nitrogens with two attached hydrogens (primary N) is 3. The van der Waals surface area contributed by atoms with E-state index in [2.05, 4.69) is 4.98 Å². The van der Waals surface area contributed by atoms with E-state index >= 15 is 0 Å².